The van der Waals surface area contributed by atoms with Crippen LogP contribution in [0.25, 0.3) is 0 Å². The van der Waals surface area contributed by atoms with Gasteiger partial charge in [-0.2, -0.15) is 0 Å². The quantitative estimate of drug-likeness (QED) is 0.863. The molecule has 0 saturated carbocycles. The molecule has 1 amide bonds. The number of carbonyl (C=O) groups is 1. The predicted molar refractivity (Wildman–Crippen MR) is 90.1 cm³/mol. The Balaban J connectivity index is 0.00000176. The zero-order valence-electron chi connectivity index (χ0n) is 12.7. The number of hydrogen-bond acceptors (Lipinski definition) is 3. The predicted octanol–water partition coefficient (Wildman–Crippen LogP) is 3.43. The standard InChI is InChI=1S/C16H21FN2OS.ClH/c1-16(7-2-3-8-18-16)15(20)19-13-6-9-21-14-5-4-11(17)10-12(13)14;/h4-5,10,13,18H,2-3,6-9H2,1H3,(H,19,20);1H. The van der Waals surface area contributed by atoms with E-state index in [1.54, 1.807) is 17.8 Å². The van der Waals surface area contributed by atoms with Crippen LogP contribution in [0.1, 0.15) is 44.2 Å². The summed E-state index contributed by atoms with van der Waals surface area (Å²) in [4.78, 5) is 13.7. The maximum atomic E-state index is 13.5. The van der Waals surface area contributed by atoms with Gasteiger partial charge in [0.25, 0.3) is 0 Å². The number of halogens is 2. The number of carbonyl (C=O) groups excluding carboxylic acids is 1. The Hall–Kier alpha value is -0.780. The van der Waals surface area contributed by atoms with Gasteiger partial charge in [0, 0.05) is 10.6 Å². The zero-order valence-corrected chi connectivity index (χ0v) is 14.3. The molecule has 3 nitrogen and oxygen atoms in total. The van der Waals surface area contributed by atoms with Crippen LogP contribution in [0.4, 0.5) is 4.39 Å². The molecule has 0 radical (unpaired) electrons. The first-order chi connectivity index (χ1) is 10.1. The van der Waals surface area contributed by atoms with Crippen molar-refractivity contribution in [3.05, 3.63) is 29.6 Å². The third kappa shape index (κ3) is 3.58. The summed E-state index contributed by atoms with van der Waals surface area (Å²) in [5.41, 5.74) is 0.426. The fraction of sp³-hybridized carbons (Fsp3) is 0.562. The molecule has 1 fully saturated rings. The van der Waals surface area contributed by atoms with Crippen molar-refractivity contribution in [1.82, 2.24) is 10.6 Å². The van der Waals surface area contributed by atoms with Gasteiger partial charge in [-0.15, -0.1) is 24.2 Å². The van der Waals surface area contributed by atoms with Crippen molar-refractivity contribution in [3.63, 3.8) is 0 Å². The van der Waals surface area contributed by atoms with E-state index in [1.807, 2.05) is 13.0 Å². The number of amides is 1. The first kappa shape index (κ1) is 17.6. The molecule has 2 aliphatic heterocycles. The van der Waals surface area contributed by atoms with Crippen LogP contribution in [0.5, 0.6) is 0 Å². The first-order valence-electron chi connectivity index (χ1n) is 7.57. The first-order valence-corrected chi connectivity index (χ1v) is 8.55. The lowest BCUT2D eigenvalue weighted by Crippen LogP contribution is -2.57. The summed E-state index contributed by atoms with van der Waals surface area (Å²) < 4.78 is 13.5. The van der Waals surface area contributed by atoms with E-state index in [0.29, 0.717) is 0 Å². The molecule has 122 valence electrons. The van der Waals surface area contributed by atoms with E-state index in [1.165, 1.54) is 6.07 Å². The molecule has 2 N–H and O–H groups in total. The highest BCUT2D eigenvalue weighted by molar-refractivity contribution is 7.99. The molecule has 3 rings (SSSR count). The maximum Gasteiger partial charge on any atom is 0.240 e. The van der Waals surface area contributed by atoms with Gasteiger partial charge in [0.05, 0.1) is 11.6 Å². The Bertz CT molecular complexity index is 549. The van der Waals surface area contributed by atoms with Gasteiger partial charge in [-0.3, -0.25) is 4.79 Å². The fourth-order valence-electron chi connectivity index (χ4n) is 3.08. The van der Waals surface area contributed by atoms with Gasteiger partial charge in [-0.05, 0) is 62.9 Å². The Kier molecular flexibility index (Phi) is 5.75. The minimum Gasteiger partial charge on any atom is -0.348 e. The number of rotatable bonds is 2. The average molecular weight is 345 g/mol. The van der Waals surface area contributed by atoms with Crippen LogP contribution in [-0.4, -0.2) is 23.7 Å². The maximum absolute atomic E-state index is 13.5. The third-order valence-electron chi connectivity index (χ3n) is 4.44. The van der Waals surface area contributed by atoms with Crippen LogP contribution < -0.4 is 10.6 Å². The Morgan fingerprint density at radius 2 is 2.27 bits per heavy atom. The number of benzene rings is 1. The number of piperidine rings is 1. The lowest BCUT2D eigenvalue weighted by molar-refractivity contribution is -0.128. The summed E-state index contributed by atoms with van der Waals surface area (Å²) in [6, 6.07) is 4.78. The number of thioether (sulfide) groups is 1. The molecular formula is C16H22ClFN2OS. The van der Waals surface area contributed by atoms with Gasteiger partial charge >= 0.3 is 0 Å². The highest BCUT2D eigenvalue weighted by Crippen LogP contribution is 2.36. The molecule has 2 aliphatic rings. The van der Waals surface area contributed by atoms with Crippen LogP contribution in [0.3, 0.4) is 0 Å². The van der Waals surface area contributed by atoms with Crippen molar-refractivity contribution < 1.29 is 9.18 Å². The highest BCUT2D eigenvalue weighted by Gasteiger charge is 2.36. The van der Waals surface area contributed by atoms with Gasteiger partial charge in [-0.1, -0.05) is 0 Å². The second-order valence-corrected chi connectivity index (χ2v) is 7.20. The summed E-state index contributed by atoms with van der Waals surface area (Å²) >= 11 is 1.73. The molecule has 2 heterocycles. The van der Waals surface area contributed by atoms with Crippen molar-refractivity contribution in [1.29, 1.82) is 0 Å². The Morgan fingerprint density at radius 3 is 3.00 bits per heavy atom. The normalized spacial score (nSPS) is 27.5. The second-order valence-electron chi connectivity index (χ2n) is 6.06. The molecule has 0 spiro atoms. The van der Waals surface area contributed by atoms with E-state index in [4.69, 9.17) is 0 Å². The number of nitrogens with one attached hydrogen (secondary N) is 2. The summed E-state index contributed by atoms with van der Waals surface area (Å²) in [5, 5.41) is 6.46. The van der Waals surface area contributed by atoms with Crippen molar-refractivity contribution in [3.8, 4) is 0 Å². The average Bonchev–Trinajstić information content (AvgIpc) is 2.48. The molecule has 1 aromatic carbocycles. The van der Waals surface area contributed by atoms with Gasteiger partial charge in [0.2, 0.25) is 5.91 Å². The van der Waals surface area contributed by atoms with E-state index in [2.05, 4.69) is 10.6 Å². The molecule has 0 bridgehead atoms. The van der Waals surface area contributed by atoms with Crippen LogP contribution >= 0.6 is 24.2 Å². The van der Waals surface area contributed by atoms with Gasteiger partial charge < -0.3 is 10.6 Å². The van der Waals surface area contributed by atoms with Crippen molar-refractivity contribution in [2.75, 3.05) is 12.3 Å². The fourth-order valence-corrected chi connectivity index (χ4v) is 4.19. The lowest BCUT2D eigenvalue weighted by atomic mass is 9.89. The minimum absolute atomic E-state index is 0. The Labute approximate surface area is 141 Å². The van der Waals surface area contributed by atoms with Crippen LogP contribution in [0.2, 0.25) is 0 Å². The molecule has 2 unspecified atom stereocenters. The summed E-state index contributed by atoms with van der Waals surface area (Å²) in [6.07, 6.45) is 3.90. The minimum atomic E-state index is -0.490. The highest BCUT2D eigenvalue weighted by atomic mass is 35.5. The SMILES string of the molecule is CC1(C(=O)NC2CCSc3ccc(F)cc32)CCCCN1.Cl. The van der Waals surface area contributed by atoms with E-state index in [9.17, 15) is 9.18 Å². The number of fused-ring (bicyclic) bond motifs is 1. The molecule has 0 aliphatic carbocycles. The zero-order chi connectivity index (χ0) is 14.9. The number of hydrogen-bond donors (Lipinski definition) is 2. The van der Waals surface area contributed by atoms with Crippen molar-refractivity contribution in [2.45, 2.75) is 49.1 Å². The molecule has 2 atom stereocenters. The van der Waals surface area contributed by atoms with E-state index >= 15 is 0 Å². The van der Waals surface area contributed by atoms with Crippen LogP contribution in [-0.2, 0) is 4.79 Å². The van der Waals surface area contributed by atoms with Crippen molar-refractivity contribution >= 4 is 30.1 Å². The van der Waals surface area contributed by atoms with Crippen molar-refractivity contribution in [2.24, 2.45) is 0 Å². The molecule has 22 heavy (non-hydrogen) atoms. The Morgan fingerprint density at radius 1 is 1.45 bits per heavy atom. The van der Waals surface area contributed by atoms with E-state index < -0.39 is 5.54 Å². The largest absolute Gasteiger partial charge is 0.348 e. The molecule has 1 aromatic rings. The topological polar surface area (TPSA) is 41.1 Å². The molecule has 0 aromatic heterocycles. The van der Waals surface area contributed by atoms with Gasteiger partial charge in [0.15, 0.2) is 0 Å². The van der Waals surface area contributed by atoms with E-state index in [0.717, 1.165) is 48.4 Å². The second kappa shape index (κ2) is 7.20. The summed E-state index contributed by atoms with van der Waals surface area (Å²) in [7, 11) is 0. The summed E-state index contributed by atoms with van der Waals surface area (Å²) in [5.74, 6) is 0.750. The molecular weight excluding hydrogens is 323 g/mol. The molecule has 6 heteroatoms. The monoisotopic (exact) mass is 344 g/mol. The van der Waals surface area contributed by atoms with E-state index in [-0.39, 0.29) is 30.2 Å². The molecule has 1 saturated heterocycles. The summed E-state index contributed by atoms with van der Waals surface area (Å²) in [6.45, 7) is 2.85. The van der Waals surface area contributed by atoms with Gasteiger partial charge in [-0.25, -0.2) is 4.39 Å². The smallest absolute Gasteiger partial charge is 0.240 e. The lowest BCUT2D eigenvalue weighted by Gasteiger charge is -2.36. The van der Waals surface area contributed by atoms with Crippen LogP contribution in [0.15, 0.2) is 23.1 Å². The van der Waals surface area contributed by atoms with Gasteiger partial charge in [0.1, 0.15) is 5.82 Å². The third-order valence-corrected chi connectivity index (χ3v) is 5.56. The van der Waals surface area contributed by atoms with Crippen LogP contribution in [0, 0.1) is 5.82 Å².